The molecule has 7 nitrogen and oxygen atoms in total. The SMILES string of the molecule is CCn1c(SCC(=O)Nc2nccs2)nnc1-c1ccc(OC)cc1. The van der Waals surface area contributed by atoms with Crippen LogP contribution in [-0.4, -0.2) is 38.5 Å². The van der Waals surface area contributed by atoms with E-state index < -0.39 is 0 Å². The quantitative estimate of drug-likeness (QED) is 0.639. The molecule has 0 unspecified atom stereocenters. The van der Waals surface area contributed by atoms with Gasteiger partial charge >= 0.3 is 0 Å². The zero-order chi connectivity index (χ0) is 17.6. The molecular formula is C16H17N5O2S2. The predicted molar refractivity (Wildman–Crippen MR) is 99.2 cm³/mol. The van der Waals surface area contributed by atoms with Crippen LogP contribution in [0.5, 0.6) is 5.75 Å². The molecule has 0 aliphatic rings. The highest BCUT2D eigenvalue weighted by molar-refractivity contribution is 7.99. The van der Waals surface area contributed by atoms with Gasteiger partial charge in [0, 0.05) is 23.7 Å². The Labute approximate surface area is 153 Å². The summed E-state index contributed by atoms with van der Waals surface area (Å²) in [6, 6.07) is 7.66. The molecule has 0 spiro atoms. The summed E-state index contributed by atoms with van der Waals surface area (Å²) < 4.78 is 7.17. The largest absolute Gasteiger partial charge is 0.497 e. The second-order valence-electron chi connectivity index (χ2n) is 4.95. The predicted octanol–water partition coefficient (Wildman–Crippen LogP) is 3.16. The molecule has 2 heterocycles. The van der Waals surface area contributed by atoms with Crippen LogP contribution in [0.4, 0.5) is 5.13 Å². The van der Waals surface area contributed by atoms with Gasteiger partial charge in [0.2, 0.25) is 5.91 Å². The van der Waals surface area contributed by atoms with Gasteiger partial charge in [0.05, 0.1) is 12.9 Å². The minimum absolute atomic E-state index is 0.114. The van der Waals surface area contributed by atoms with E-state index in [4.69, 9.17) is 4.74 Å². The van der Waals surface area contributed by atoms with Crippen molar-refractivity contribution in [3.63, 3.8) is 0 Å². The minimum atomic E-state index is -0.114. The number of aromatic nitrogens is 4. The molecule has 3 rings (SSSR count). The van der Waals surface area contributed by atoms with Gasteiger partial charge in [-0.05, 0) is 31.2 Å². The van der Waals surface area contributed by atoms with E-state index in [0.29, 0.717) is 16.8 Å². The van der Waals surface area contributed by atoms with Crippen LogP contribution in [0.2, 0.25) is 0 Å². The maximum absolute atomic E-state index is 12.0. The molecule has 0 fully saturated rings. The summed E-state index contributed by atoms with van der Waals surface area (Å²) in [5.41, 5.74) is 0.953. The van der Waals surface area contributed by atoms with Gasteiger partial charge in [-0.1, -0.05) is 11.8 Å². The second-order valence-corrected chi connectivity index (χ2v) is 6.79. The average molecular weight is 375 g/mol. The Kier molecular flexibility index (Phi) is 5.67. The summed E-state index contributed by atoms with van der Waals surface area (Å²) in [5, 5.41) is 14.4. The monoisotopic (exact) mass is 375 g/mol. The highest BCUT2D eigenvalue weighted by Gasteiger charge is 2.15. The lowest BCUT2D eigenvalue weighted by Crippen LogP contribution is -2.14. The van der Waals surface area contributed by atoms with Crippen molar-refractivity contribution < 1.29 is 9.53 Å². The lowest BCUT2D eigenvalue weighted by Gasteiger charge is -2.08. The van der Waals surface area contributed by atoms with Crippen LogP contribution in [0.3, 0.4) is 0 Å². The van der Waals surface area contributed by atoms with E-state index in [1.807, 2.05) is 41.1 Å². The first kappa shape index (κ1) is 17.4. The molecule has 2 aromatic heterocycles. The molecule has 0 bridgehead atoms. The fourth-order valence-corrected chi connectivity index (χ4v) is 3.55. The highest BCUT2D eigenvalue weighted by atomic mass is 32.2. The van der Waals surface area contributed by atoms with E-state index in [0.717, 1.165) is 17.1 Å². The third-order valence-electron chi connectivity index (χ3n) is 3.39. The molecule has 0 aliphatic carbocycles. The molecule has 0 saturated heterocycles. The summed E-state index contributed by atoms with van der Waals surface area (Å²) in [6.07, 6.45) is 1.66. The van der Waals surface area contributed by atoms with Crippen LogP contribution in [-0.2, 0) is 11.3 Å². The number of thiazole rings is 1. The maximum atomic E-state index is 12.0. The second kappa shape index (κ2) is 8.13. The van der Waals surface area contributed by atoms with E-state index in [-0.39, 0.29) is 11.7 Å². The van der Waals surface area contributed by atoms with Gasteiger partial charge in [0.15, 0.2) is 16.1 Å². The zero-order valence-corrected chi connectivity index (χ0v) is 15.4. The van der Waals surface area contributed by atoms with Crippen molar-refractivity contribution in [2.24, 2.45) is 0 Å². The number of methoxy groups -OCH3 is 1. The van der Waals surface area contributed by atoms with Crippen LogP contribution in [0, 0.1) is 0 Å². The Bertz CT molecular complexity index is 831. The summed E-state index contributed by atoms with van der Waals surface area (Å²) >= 11 is 2.74. The van der Waals surface area contributed by atoms with Crippen molar-refractivity contribution >= 4 is 34.1 Å². The molecular weight excluding hydrogens is 358 g/mol. The zero-order valence-electron chi connectivity index (χ0n) is 13.8. The van der Waals surface area contributed by atoms with Crippen molar-refractivity contribution in [2.45, 2.75) is 18.6 Å². The van der Waals surface area contributed by atoms with Gasteiger partial charge in [0.25, 0.3) is 0 Å². The summed E-state index contributed by atoms with van der Waals surface area (Å²) in [4.78, 5) is 16.0. The van der Waals surface area contributed by atoms with E-state index >= 15 is 0 Å². The molecule has 0 atom stereocenters. The fourth-order valence-electron chi connectivity index (χ4n) is 2.20. The Morgan fingerprint density at radius 2 is 2.12 bits per heavy atom. The molecule has 1 amide bonds. The number of hydrogen-bond acceptors (Lipinski definition) is 7. The highest BCUT2D eigenvalue weighted by Crippen LogP contribution is 2.25. The number of thioether (sulfide) groups is 1. The number of nitrogens with zero attached hydrogens (tertiary/aromatic N) is 4. The van der Waals surface area contributed by atoms with E-state index in [1.165, 1.54) is 23.1 Å². The number of nitrogens with one attached hydrogen (secondary N) is 1. The number of amides is 1. The van der Waals surface area contributed by atoms with Crippen LogP contribution < -0.4 is 10.1 Å². The van der Waals surface area contributed by atoms with Crippen LogP contribution in [0.25, 0.3) is 11.4 Å². The third-order valence-corrected chi connectivity index (χ3v) is 5.05. The standard InChI is InChI=1S/C16H17N5O2S2/c1-3-21-14(11-4-6-12(23-2)7-5-11)19-20-16(21)25-10-13(22)18-15-17-8-9-24-15/h4-9H,3,10H2,1-2H3,(H,17,18,22). The number of rotatable bonds is 7. The lowest BCUT2D eigenvalue weighted by atomic mass is 10.2. The van der Waals surface area contributed by atoms with Gasteiger partial charge in [-0.25, -0.2) is 4.98 Å². The van der Waals surface area contributed by atoms with Gasteiger partial charge in [-0.3, -0.25) is 4.79 Å². The van der Waals surface area contributed by atoms with E-state index in [1.54, 1.807) is 13.3 Å². The minimum Gasteiger partial charge on any atom is -0.497 e. The molecule has 25 heavy (non-hydrogen) atoms. The maximum Gasteiger partial charge on any atom is 0.236 e. The normalized spacial score (nSPS) is 10.6. The number of anilines is 1. The summed E-state index contributed by atoms with van der Waals surface area (Å²) in [7, 11) is 1.63. The first-order valence-electron chi connectivity index (χ1n) is 7.61. The van der Waals surface area contributed by atoms with Gasteiger partial charge in [-0.2, -0.15) is 0 Å². The van der Waals surface area contributed by atoms with Crippen molar-refractivity contribution in [1.29, 1.82) is 0 Å². The Morgan fingerprint density at radius 3 is 2.76 bits per heavy atom. The molecule has 0 aliphatic heterocycles. The number of ether oxygens (including phenoxy) is 1. The van der Waals surface area contributed by atoms with Crippen molar-refractivity contribution in [3.8, 4) is 17.1 Å². The van der Waals surface area contributed by atoms with Gasteiger partial charge in [0.1, 0.15) is 5.75 Å². The number of hydrogen-bond donors (Lipinski definition) is 1. The Balaban J connectivity index is 1.69. The average Bonchev–Trinajstić information content (AvgIpc) is 3.29. The van der Waals surface area contributed by atoms with Crippen LogP contribution in [0.1, 0.15) is 6.92 Å². The molecule has 1 aromatic carbocycles. The number of benzene rings is 1. The van der Waals surface area contributed by atoms with E-state index in [9.17, 15) is 4.79 Å². The van der Waals surface area contributed by atoms with E-state index in [2.05, 4.69) is 20.5 Å². The van der Waals surface area contributed by atoms with Gasteiger partial charge in [-0.15, -0.1) is 21.5 Å². The molecule has 0 saturated carbocycles. The molecule has 1 N–H and O–H groups in total. The first-order chi connectivity index (χ1) is 12.2. The van der Waals surface area contributed by atoms with Crippen molar-refractivity contribution in [2.75, 3.05) is 18.2 Å². The third kappa shape index (κ3) is 4.18. The molecule has 0 radical (unpaired) electrons. The molecule has 3 aromatic rings. The summed E-state index contributed by atoms with van der Waals surface area (Å²) in [5.74, 6) is 1.70. The fraction of sp³-hybridized carbons (Fsp3) is 0.250. The van der Waals surface area contributed by atoms with Crippen LogP contribution in [0.15, 0.2) is 41.0 Å². The van der Waals surface area contributed by atoms with Crippen LogP contribution >= 0.6 is 23.1 Å². The van der Waals surface area contributed by atoms with Crippen molar-refractivity contribution in [3.05, 3.63) is 35.8 Å². The number of carbonyl (C=O) groups is 1. The molecule has 130 valence electrons. The molecule has 9 heteroatoms. The Morgan fingerprint density at radius 1 is 1.32 bits per heavy atom. The Hall–Kier alpha value is -2.39. The topological polar surface area (TPSA) is 81.9 Å². The summed E-state index contributed by atoms with van der Waals surface area (Å²) in [6.45, 7) is 2.74. The van der Waals surface area contributed by atoms with Crippen molar-refractivity contribution in [1.82, 2.24) is 19.7 Å². The first-order valence-corrected chi connectivity index (χ1v) is 9.47. The van der Waals surface area contributed by atoms with Gasteiger partial charge < -0.3 is 14.6 Å². The lowest BCUT2D eigenvalue weighted by molar-refractivity contribution is -0.113. The smallest absolute Gasteiger partial charge is 0.236 e. The number of carbonyl (C=O) groups excluding carboxylic acids is 1.